The van der Waals surface area contributed by atoms with Crippen molar-refractivity contribution in [3.8, 4) is 0 Å². The molecule has 0 atom stereocenters. The first-order chi connectivity index (χ1) is 13.2. The van der Waals surface area contributed by atoms with Crippen LogP contribution in [0, 0.1) is 21.7 Å². The van der Waals surface area contributed by atoms with Crippen LogP contribution in [-0.4, -0.2) is 11.6 Å². The van der Waals surface area contributed by atoms with Gasteiger partial charge in [0.1, 0.15) is 0 Å². The van der Waals surface area contributed by atoms with Crippen LogP contribution in [0.1, 0.15) is 83.1 Å². The molecule has 0 saturated carbocycles. The summed E-state index contributed by atoms with van der Waals surface area (Å²) >= 11 is 0. The van der Waals surface area contributed by atoms with Gasteiger partial charge in [0.15, 0.2) is 11.6 Å². The first kappa shape index (κ1) is 24.3. The van der Waals surface area contributed by atoms with Crippen LogP contribution in [-0.2, 0) is 9.59 Å². The lowest BCUT2D eigenvalue weighted by molar-refractivity contribution is -0.111. The van der Waals surface area contributed by atoms with Crippen molar-refractivity contribution in [2.24, 2.45) is 21.7 Å². The van der Waals surface area contributed by atoms with Crippen LogP contribution in [0.3, 0.4) is 0 Å². The summed E-state index contributed by atoms with van der Waals surface area (Å²) in [5.74, 6) is 0.0901. The molecule has 0 N–H and O–H groups in total. The number of hydrogen-bond donors (Lipinski definition) is 0. The van der Waals surface area contributed by atoms with Crippen LogP contribution in [0.2, 0.25) is 0 Å². The van der Waals surface area contributed by atoms with Crippen LogP contribution in [0.4, 0.5) is 0 Å². The fourth-order valence-corrected chi connectivity index (χ4v) is 4.14. The van der Waals surface area contributed by atoms with Gasteiger partial charge in [-0.2, -0.15) is 0 Å². The Bertz CT molecular complexity index is 779. The second kappa shape index (κ2) is 7.32. The molecule has 0 fully saturated rings. The minimum Gasteiger partial charge on any atom is -0.290 e. The van der Waals surface area contributed by atoms with E-state index in [1.807, 2.05) is 0 Å². The van der Waals surface area contributed by atoms with Crippen LogP contribution in [0.5, 0.6) is 0 Å². The number of ketones is 2. The van der Waals surface area contributed by atoms with Crippen molar-refractivity contribution in [1.29, 1.82) is 0 Å². The summed E-state index contributed by atoms with van der Waals surface area (Å²) in [5, 5.41) is 0. The molecule has 0 heterocycles. The average molecular weight is 409 g/mol. The smallest absolute Gasteiger partial charge is 0.179 e. The maximum Gasteiger partial charge on any atom is 0.179 e. The molecule has 30 heavy (non-hydrogen) atoms. The van der Waals surface area contributed by atoms with Crippen LogP contribution >= 0.6 is 0 Å². The zero-order chi connectivity index (χ0) is 23.4. The molecule has 0 bridgehead atoms. The quantitative estimate of drug-likeness (QED) is 0.420. The Balaban J connectivity index is 3.13. The van der Waals surface area contributed by atoms with E-state index in [2.05, 4.69) is 83.1 Å². The molecule has 164 valence electrons. The molecule has 0 aromatic carbocycles. The lowest BCUT2D eigenvalue weighted by Gasteiger charge is -2.41. The van der Waals surface area contributed by atoms with Gasteiger partial charge in [-0.05, 0) is 79.4 Å². The number of rotatable bonds is 0. The zero-order valence-corrected chi connectivity index (χ0v) is 21.1. The summed E-state index contributed by atoms with van der Waals surface area (Å²) in [6.07, 6.45) is 7.20. The Hall–Kier alpha value is -1.96. The van der Waals surface area contributed by atoms with Crippen molar-refractivity contribution >= 4 is 11.6 Å². The molecule has 0 saturated heterocycles. The van der Waals surface area contributed by atoms with E-state index in [9.17, 15) is 9.59 Å². The SMILES string of the molecule is CC(C)(C)C1=CC(=O)C=C(C(C)(C)C)C1=C1C(C(C)(C)C)=CC(=O)C=C1C(C)(C)C. The van der Waals surface area contributed by atoms with Gasteiger partial charge in [-0.3, -0.25) is 9.59 Å². The third-order valence-corrected chi connectivity index (χ3v) is 5.71. The van der Waals surface area contributed by atoms with E-state index in [4.69, 9.17) is 0 Å². The van der Waals surface area contributed by atoms with Gasteiger partial charge in [0.25, 0.3) is 0 Å². The van der Waals surface area contributed by atoms with E-state index >= 15 is 0 Å². The molecule has 2 aliphatic carbocycles. The first-order valence-electron chi connectivity index (χ1n) is 11.0. The Labute approximate surface area is 183 Å². The zero-order valence-electron chi connectivity index (χ0n) is 21.1. The molecule has 2 heteroatoms. The topological polar surface area (TPSA) is 34.1 Å². The van der Waals surface area contributed by atoms with Crippen molar-refractivity contribution in [3.05, 3.63) is 57.7 Å². The molecule has 0 amide bonds. The maximum absolute atomic E-state index is 12.8. The van der Waals surface area contributed by atoms with Crippen molar-refractivity contribution in [2.45, 2.75) is 83.1 Å². The van der Waals surface area contributed by atoms with E-state index < -0.39 is 0 Å². The van der Waals surface area contributed by atoms with Crippen molar-refractivity contribution in [1.82, 2.24) is 0 Å². The predicted octanol–water partition coefficient (Wildman–Crippen LogP) is 7.34. The number of hydrogen-bond acceptors (Lipinski definition) is 2. The second-order valence-electron chi connectivity index (χ2n) is 12.8. The normalized spacial score (nSPS) is 19.5. The Morgan fingerprint density at radius 1 is 0.400 bits per heavy atom. The van der Waals surface area contributed by atoms with Crippen molar-refractivity contribution < 1.29 is 9.59 Å². The fraction of sp³-hybridized carbons (Fsp3) is 0.571. The van der Waals surface area contributed by atoms with Crippen molar-refractivity contribution in [2.75, 3.05) is 0 Å². The second-order valence-corrected chi connectivity index (χ2v) is 12.8. The minimum atomic E-state index is -0.212. The molecule has 0 aromatic rings. The van der Waals surface area contributed by atoms with Gasteiger partial charge < -0.3 is 0 Å². The number of carbonyl (C=O) groups is 2. The van der Waals surface area contributed by atoms with E-state index in [0.29, 0.717) is 0 Å². The Morgan fingerprint density at radius 2 is 0.567 bits per heavy atom. The largest absolute Gasteiger partial charge is 0.290 e. The summed E-state index contributed by atoms with van der Waals surface area (Å²) in [5.41, 5.74) is 5.61. The summed E-state index contributed by atoms with van der Waals surface area (Å²) in [4.78, 5) is 25.5. The summed E-state index contributed by atoms with van der Waals surface area (Å²) in [6, 6.07) is 0. The van der Waals surface area contributed by atoms with Crippen LogP contribution in [0.15, 0.2) is 57.7 Å². The molecule has 0 spiro atoms. The molecule has 0 radical (unpaired) electrons. The molecular weight excluding hydrogens is 368 g/mol. The summed E-state index contributed by atoms with van der Waals surface area (Å²) < 4.78 is 0. The first-order valence-corrected chi connectivity index (χ1v) is 11.0. The lowest BCUT2D eigenvalue weighted by Crippen LogP contribution is -2.30. The van der Waals surface area contributed by atoms with Crippen LogP contribution < -0.4 is 0 Å². The third-order valence-electron chi connectivity index (χ3n) is 5.71. The van der Waals surface area contributed by atoms with E-state index in [1.54, 1.807) is 24.3 Å². The Morgan fingerprint density at radius 3 is 0.700 bits per heavy atom. The van der Waals surface area contributed by atoms with E-state index in [1.165, 1.54) is 0 Å². The summed E-state index contributed by atoms with van der Waals surface area (Å²) in [6.45, 7) is 25.9. The third kappa shape index (κ3) is 4.85. The van der Waals surface area contributed by atoms with Gasteiger partial charge >= 0.3 is 0 Å². The molecule has 2 aliphatic rings. The van der Waals surface area contributed by atoms with Gasteiger partial charge in [0, 0.05) is 0 Å². The van der Waals surface area contributed by atoms with Gasteiger partial charge in [-0.15, -0.1) is 0 Å². The highest BCUT2D eigenvalue weighted by Gasteiger charge is 2.40. The number of carbonyl (C=O) groups excluding carboxylic acids is 2. The van der Waals surface area contributed by atoms with Crippen molar-refractivity contribution in [3.63, 3.8) is 0 Å². The molecular formula is C28H40O2. The van der Waals surface area contributed by atoms with Gasteiger partial charge in [-0.1, -0.05) is 83.1 Å². The fourth-order valence-electron chi connectivity index (χ4n) is 4.14. The molecule has 2 nitrogen and oxygen atoms in total. The molecule has 2 rings (SSSR count). The maximum atomic E-state index is 12.8. The molecule has 0 aromatic heterocycles. The van der Waals surface area contributed by atoms with E-state index in [-0.39, 0.29) is 33.2 Å². The highest BCUT2D eigenvalue weighted by Crippen LogP contribution is 2.52. The summed E-state index contributed by atoms with van der Waals surface area (Å²) in [7, 11) is 0. The molecule has 0 aliphatic heterocycles. The van der Waals surface area contributed by atoms with Gasteiger partial charge in [0.05, 0.1) is 0 Å². The highest BCUT2D eigenvalue weighted by molar-refractivity contribution is 6.06. The predicted molar refractivity (Wildman–Crippen MR) is 127 cm³/mol. The monoisotopic (exact) mass is 408 g/mol. The van der Waals surface area contributed by atoms with Crippen LogP contribution in [0.25, 0.3) is 0 Å². The van der Waals surface area contributed by atoms with E-state index in [0.717, 1.165) is 33.4 Å². The Kier molecular flexibility index (Phi) is 5.93. The van der Waals surface area contributed by atoms with Gasteiger partial charge in [0.2, 0.25) is 0 Å². The molecule has 0 unspecified atom stereocenters. The highest BCUT2D eigenvalue weighted by atomic mass is 16.1. The average Bonchev–Trinajstić information content (AvgIpc) is 2.50. The lowest BCUT2D eigenvalue weighted by atomic mass is 9.62. The standard InChI is InChI=1S/C28H40O2/c1-25(2,3)19-13-17(29)14-20(26(4,5)6)23(19)24-21(27(7,8)9)15-18(30)16-22(24)28(10,11)12/h13-16H,1-12H3. The van der Waals surface area contributed by atoms with Gasteiger partial charge in [-0.25, -0.2) is 0 Å². The minimum absolute atomic E-state index is 0.0451. The number of allylic oxidation sites excluding steroid dienone is 10.